The van der Waals surface area contributed by atoms with Crippen molar-refractivity contribution in [2.45, 2.75) is 26.6 Å². The molecule has 1 aliphatic rings. The number of hydrogen-bond donors (Lipinski definition) is 0. The maximum absolute atomic E-state index is 13.4. The molecule has 2 aromatic carbocycles. The van der Waals surface area contributed by atoms with E-state index in [2.05, 4.69) is 0 Å². The predicted octanol–water partition coefficient (Wildman–Crippen LogP) is 3.59. The average molecular weight is 329 g/mol. The predicted molar refractivity (Wildman–Crippen MR) is 88.0 cm³/mol. The van der Waals surface area contributed by atoms with Crippen molar-refractivity contribution in [3.8, 4) is 5.75 Å². The Morgan fingerprint density at radius 2 is 2.08 bits per heavy atom. The minimum atomic E-state index is -0.495. The molecule has 0 N–H and O–H groups in total. The lowest BCUT2D eigenvalue weighted by Crippen LogP contribution is -2.28. The minimum absolute atomic E-state index is 0.0330. The average Bonchev–Trinajstić information content (AvgIpc) is 2.93. The van der Waals surface area contributed by atoms with E-state index in [9.17, 15) is 9.18 Å². The molecule has 0 aromatic heterocycles. The van der Waals surface area contributed by atoms with Gasteiger partial charge in [0.25, 0.3) is 5.91 Å². The van der Waals surface area contributed by atoms with Crippen molar-refractivity contribution in [2.24, 2.45) is 0 Å². The SMILES string of the molecule is CCOc1ccccc1C1OCC(=O)N1Cc1ccc(F)c(C)c1. The highest BCUT2D eigenvalue weighted by molar-refractivity contribution is 5.79. The molecule has 1 aliphatic heterocycles. The van der Waals surface area contributed by atoms with Crippen LogP contribution in [-0.4, -0.2) is 24.0 Å². The van der Waals surface area contributed by atoms with Crippen LogP contribution in [-0.2, 0) is 16.1 Å². The summed E-state index contributed by atoms with van der Waals surface area (Å²) in [6.07, 6.45) is -0.495. The third kappa shape index (κ3) is 3.26. The summed E-state index contributed by atoms with van der Waals surface area (Å²) < 4.78 is 24.8. The van der Waals surface area contributed by atoms with E-state index < -0.39 is 6.23 Å². The fourth-order valence-electron chi connectivity index (χ4n) is 2.86. The summed E-state index contributed by atoms with van der Waals surface area (Å²) in [5.74, 6) is 0.370. The first-order chi connectivity index (χ1) is 11.6. The first-order valence-corrected chi connectivity index (χ1v) is 7.98. The quantitative estimate of drug-likeness (QED) is 0.841. The molecule has 24 heavy (non-hydrogen) atoms. The van der Waals surface area contributed by atoms with Gasteiger partial charge in [-0.15, -0.1) is 0 Å². The fraction of sp³-hybridized carbons (Fsp3) is 0.316. The molecule has 1 fully saturated rings. The van der Waals surface area contributed by atoms with E-state index in [1.165, 1.54) is 6.07 Å². The van der Waals surface area contributed by atoms with Gasteiger partial charge in [0.05, 0.1) is 6.61 Å². The Bertz CT molecular complexity index is 747. The number of ether oxygens (including phenoxy) is 2. The molecular formula is C19H20FNO3. The van der Waals surface area contributed by atoms with Gasteiger partial charge >= 0.3 is 0 Å². The zero-order chi connectivity index (χ0) is 17.1. The number of carbonyl (C=O) groups excluding carboxylic acids is 1. The van der Waals surface area contributed by atoms with Crippen molar-refractivity contribution in [3.05, 3.63) is 65.0 Å². The third-order valence-electron chi connectivity index (χ3n) is 4.03. The first kappa shape index (κ1) is 16.5. The second-order valence-corrected chi connectivity index (χ2v) is 5.74. The molecule has 126 valence electrons. The van der Waals surface area contributed by atoms with Crippen LogP contribution in [0.3, 0.4) is 0 Å². The van der Waals surface area contributed by atoms with Crippen LogP contribution in [0.1, 0.15) is 29.8 Å². The van der Waals surface area contributed by atoms with Gasteiger partial charge in [-0.05, 0) is 37.1 Å². The van der Waals surface area contributed by atoms with Crippen molar-refractivity contribution < 1.29 is 18.7 Å². The molecule has 1 amide bonds. The number of amides is 1. The zero-order valence-electron chi connectivity index (χ0n) is 13.8. The van der Waals surface area contributed by atoms with E-state index in [1.54, 1.807) is 24.0 Å². The van der Waals surface area contributed by atoms with Gasteiger partial charge in [-0.2, -0.15) is 0 Å². The molecule has 1 atom stereocenters. The van der Waals surface area contributed by atoms with Crippen molar-refractivity contribution in [2.75, 3.05) is 13.2 Å². The Labute approximate surface area is 140 Å². The van der Waals surface area contributed by atoms with Gasteiger partial charge in [0.15, 0.2) is 6.23 Å². The van der Waals surface area contributed by atoms with Gasteiger partial charge in [0.1, 0.15) is 18.2 Å². The summed E-state index contributed by atoms with van der Waals surface area (Å²) in [4.78, 5) is 13.9. The second kappa shape index (κ2) is 7.01. The number of benzene rings is 2. The minimum Gasteiger partial charge on any atom is -0.493 e. The maximum atomic E-state index is 13.4. The summed E-state index contributed by atoms with van der Waals surface area (Å²) in [7, 11) is 0. The number of aryl methyl sites for hydroxylation is 1. The van der Waals surface area contributed by atoms with E-state index in [-0.39, 0.29) is 18.3 Å². The monoisotopic (exact) mass is 329 g/mol. The highest BCUT2D eigenvalue weighted by Gasteiger charge is 2.34. The number of halogens is 1. The molecular weight excluding hydrogens is 309 g/mol. The van der Waals surface area contributed by atoms with Crippen LogP contribution in [0.4, 0.5) is 4.39 Å². The molecule has 0 aliphatic carbocycles. The summed E-state index contributed by atoms with van der Waals surface area (Å²) >= 11 is 0. The Hall–Kier alpha value is -2.40. The first-order valence-electron chi connectivity index (χ1n) is 7.98. The van der Waals surface area contributed by atoms with E-state index in [0.29, 0.717) is 24.5 Å². The van der Waals surface area contributed by atoms with E-state index in [4.69, 9.17) is 9.47 Å². The summed E-state index contributed by atoms with van der Waals surface area (Å²) in [5, 5.41) is 0. The van der Waals surface area contributed by atoms with Crippen LogP contribution in [0.25, 0.3) is 0 Å². The largest absolute Gasteiger partial charge is 0.493 e. The smallest absolute Gasteiger partial charge is 0.251 e. The van der Waals surface area contributed by atoms with Gasteiger partial charge in [-0.25, -0.2) is 4.39 Å². The molecule has 0 radical (unpaired) electrons. The van der Waals surface area contributed by atoms with E-state index in [1.807, 2.05) is 31.2 Å². The van der Waals surface area contributed by atoms with Crippen molar-refractivity contribution in [3.63, 3.8) is 0 Å². The lowest BCUT2D eigenvalue weighted by Gasteiger charge is -2.25. The Balaban J connectivity index is 1.88. The van der Waals surface area contributed by atoms with Gasteiger partial charge < -0.3 is 14.4 Å². The number of carbonyl (C=O) groups is 1. The number of nitrogens with zero attached hydrogens (tertiary/aromatic N) is 1. The van der Waals surface area contributed by atoms with Crippen molar-refractivity contribution >= 4 is 5.91 Å². The normalized spacial score (nSPS) is 17.4. The zero-order valence-corrected chi connectivity index (χ0v) is 13.8. The molecule has 0 saturated carbocycles. The van der Waals surface area contributed by atoms with Crippen LogP contribution in [0, 0.1) is 12.7 Å². The fourth-order valence-corrected chi connectivity index (χ4v) is 2.86. The molecule has 2 aromatic rings. The van der Waals surface area contributed by atoms with Gasteiger partial charge in [0, 0.05) is 12.1 Å². The molecule has 1 saturated heterocycles. The summed E-state index contributed by atoms with van der Waals surface area (Å²) in [6.45, 7) is 4.56. The number of rotatable bonds is 5. The van der Waals surface area contributed by atoms with E-state index in [0.717, 1.165) is 11.1 Å². The summed E-state index contributed by atoms with van der Waals surface area (Å²) in [5.41, 5.74) is 2.25. The Morgan fingerprint density at radius 1 is 1.29 bits per heavy atom. The Morgan fingerprint density at radius 3 is 2.83 bits per heavy atom. The molecule has 0 bridgehead atoms. The molecule has 0 spiro atoms. The van der Waals surface area contributed by atoms with Gasteiger partial charge in [-0.1, -0.05) is 30.3 Å². The van der Waals surface area contributed by atoms with Crippen LogP contribution in [0.5, 0.6) is 5.75 Å². The van der Waals surface area contributed by atoms with Gasteiger partial charge in [0.2, 0.25) is 0 Å². The van der Waals surface area contributed by atoms with Crippen molar-refractivity contribution in [1.82, 2.24) is 4.90 Å². The second-order valence-electron chi connectivity index (χ2n) is 5.74. The topological polar surface area (TPSA) is 38.8 Å². The van der Waals surface area contributed by atoms with Crippen LogP contribution in [0.2, 0.25) is 0 Å². The lowest BCUT2D eigenvalue weighted by molar-refractivity contribution is -0.128. The van der Waals surface area contributed by atoms with Gasteiger partial charge in [-0.3, -0.25) is 4.79 Å². The highest BCUT2D eigenvalue weighted by Crippen LogP contribution is 2.35. The van der Waals surface area contributed by atoms with Crippen LogP contribution < -0.4 is 4.74 Å². The maximum Gasteiger partial charge on any atom is 0.251 e. The lowest BCUT2D eigenvalue weighted by atomic mass is 10.1. The van der Waals surface area contributed by atoms with E-state index >= 15 is 0 Å². The van der Waals surface area contributed by atoms with Crippen LogP contribution >= 0.6 is 0 Å². The number of hydrogen-bond acceptors (Lipinski definition) is 3. The molecule has 4 nitrogen and oxygen atoms in total. The van der Waals surface area contributed by atoms with Crippen molar-refractivity contribution in [1.29, 1.82) is 0 Å². The standard InChI is InChI=1S/C19H20FNO3/c1-3-23-17-7-5-4-6-15(17)19-21(18(22)12-24-19)11-14-8-9-16(20)13(2)10-14/h4-10,19H,3,11-12H2,1-2H3. The highest BCUT2D eigenvalue weighted by atomic mass is 19.1. The molecule has 1 unspecified atom stereocenters. The molecule has 3 rings (SSSR count). The third-order valence-corrected chi connectivity index (χ3v) is 4.03. The molecule has 1 heterocycles. The molecule has 5 heteroatoms. The Kier molecular flexibility index (Phi) is 4.81. The summed E-state index contributed by atoms with van der Waals surface area (Å²) in [6, 6.07) is 12.4. The van der Waals surface area contributed by atoms with Crippen LogP contribution in [0.15, 0.2) is 42.5 Å². The number of para-hydroxylation sites is 1.